The van der Waals surface area contributed by atoms with E-state index in [0.717, 1.165) is 0 Å². The van der Waals surface area contributed by atoms with E-state index >= 15 is 0 Å². The van der Waals surface area contributed by atoms with Gasteiger partial charge in [0.2, 0.25) is 0 Å². The summed E-state index contributed by atoms with van der Waals surface area (Å²) in [5, 5.41) is 0. The minimum atomic E-state index is 0. The first-order valence-electron chi connectivity index (χ1n) is 0. The fourth-order valence-electron chi connectivity index (χ4n) is 0. The number of hydrogen-bond donors (Lipinski definition) is 0. The first-order chi connectivity index (χ1) is 0. The Morgan fingerprint density at radius 1 is 0.250 bits per heavy atom. The maximum absolute atomic E-state index is 0. The van der Waals surface area contributed by atoms with Gasteiger partial charge in [-0.15, -0.1) is 0 Å². The molecule has 0 saturated heterocycles. The molecular formula is H17PS7. The Morgan fingerprint density at radius 3 is 0.250 bits per heavy atom. The third-order valence-corrected chi connectivity index (χ3v) is 0. The minimum Gasteiger partial charge on any atom is -0.197 e. The maximum Gasteiger partial charge on any atom is -0.153 e. The van der Waals surface area contributed by atoms with Crippen molar-refractivity contribution in [2.24, 2.45) is 0 Å². The summed E-state index contributed by atoms with van der Waals surface area (Å²) in [6, 6.07) is 0. The highest BCUT2D eigenvalue weighted by Crippen LogP contribution is 0.861. The van der Waals surface area contributed by atoms with Gasteiger partial charge in [-0.2, -0.15) is 104 Å². The zero-order valence-corrected chi connectivity index (χ0v) is 12.6. The topological polar surface area (TPSA) is 0 Å². The van der Waals surface area contributed by atoms with E-state index in [-0.39, 0.29) is 104 Å². The number of hydrogen-bond acceptors (Lipinski definition) is 0. The van der Waals surface area contributed by atoms with Crippen molar-refractivity contribution in [2.45, 2.75) is 0 Å². The molecule has 8 heavy (non-hydrogen) atoms. The first kappa shape index (κ1) is 128. The van der Waals surface area contributed by atoms with Gasteiger partial charge in [0.25, 0.3) is 0 Å². The molecule has 1 unspecified atom stereocenters. The smallest absolute Gasteiger partial charge is 0.153 e. The van der Waals surface area contributed by atoms with Crippen molar-refractivity contribution in [1.82, 2.24) is 0 Å². The highest BCUT2D eigenvalue weighted by molar-refractivity contribution is 7.60. The predicted molar refractivity (Wildman–Crippen MR) is 83.8 cm³/mol. The molecule has 0 aromatic heterocycles. The largest absolute Gasteiger partial charge is 0.197 e. The summed E-state index contributed by atoms with van der Waals surface area (Å²) in [5.41, 5.74) is 0. The van der Waals surface area contributed by atoms with Gasteiger partial charge in [-0.1, -0.05) is 0 Å². The SMILES string of the molecule is P.S.S.S.S.S.S.S. The lowest BCUT2D eigenvalue weighted by Gasteiger charge is -0.198. The molecule has 0 fully saturated rings. The van der Waals surface area contributed by atoms with Crippen molar-refractivity contribution >= 4 is 104 Å². The molecule has 0 spiro atoms. The average molecular weight is 273 g/mol. The van der Waals surface area contributed by atoms with E-state index in [1.165, 1.54) is 0 Å². The van der Waals surface area contributed by atoms with Crippen LogP contribution >= 0.6 is 104 Å². The number of rotatable bonds is 0. The Labute approximate surface area is 103 Å². The molecule has 0 nitrogen and oxygen atoms in total. The van der Waals surface area contributed by atoms with Crippen LogP contribution in [0.1, 0.15) is 0 Å². The molecule has 0 radical (unpaired) electrons. The zero-order chi connectivity index (χ0) is 0. The highest BCUT2D eigenvalue weighted by atomic mass is 32.1. The molecule has 0 aliphatic carbocycles. The van der Waals surface area contributed by atoms with Crippen molar-refractivity contribution in [3.63, 3.8) is 0 Å². The van der Waals surface area contributed by atoms with Crippen molar-refractivity contribution in [1.29, 1.82) is 0 Å². The molecular weight excluding hydrogens is 255 g/mol. The lowest BCUT2D eigenvalue weighted by molar-refractivity contribution is 6.92. The Kier molecular flexibility index (Phi) is 1500. The van der Waals surface area contributed by atoms with Crippen LogP contribution in [0.5, 0.6) is 0 Å². The van der Waals surface area contributed by atoms with Crippen LogP contribution < -0.4 is 0 Å². The summed E-state index contributed by atoms with van der Waals surface area (Å²) >= 11 is 0. The van der Waals surface area contributed by atoms with Crippen LogP contribution in [0.4, 0.5) is 0 Å². The fourth-order valence-corrected chi connectivity index (χ4v) is 0. The third kappa shape index (κ3) is 66.5. The molecule has 0 saturated carbocycles. The normalized spacial score (nSPS) is 0. The van der Waals surface area contributed by atoms with Gasteiger partial charge in [0, 0.05) is 0 Å². The van der Waals surface area contributed by atoms with Crippen LogP contribution in [0, 0.1) is 0 Å². The Morgan fingerprint density at radius 2 is 0.250 bits per heavy atom. The summed E-state index contributed by atoms with van der Waals surface area (Å²) in [6.07, 6.45) is 0. The zero-order valence-electron chi connectivity index (χ0n) is 4.21. The fraction of sp³-hybridized carbons (Fsp3) is 0. The van der Waals surface area contributed by atoms with E-state index in [1.54, 1.807) is 0 Å². The molecule has 64 valence electrons. The molecule has 0 aliphatic heterocycles. The quantitative estimate of drug-likeness (QED) is 0.574. The molecule has 0 rings (SSSR count). The second-order valence-electron chi connectivity index (χ2n) is 0. The monoisotopic (exact) mass is 272 g/mol. The Hall–Kier alpha value is 2.88. The molecule has 0 aromatic rings. The minimum absolute atomic E-state index is 0. The van der Waals surface area contributed by atoms with Crippen LogP contribution in [0.15, 0.2) is 0 Å². The Balaban J connectivity index is 0. The molecule has 0 aromatic carbocycles. The maximum atomic E-state index is 0. The standard InChI is InChI=1S/H3P.7H2S/h1H3;7*1H2. The predicted octanol–water partition coefficient (Wildman–Crippen LogP) is 0.848. The molecule has 1 atom stereocenters. The van der Waals surface area contributed by atoms with Gasteiger partial charge in [-0.3, -0.25) is 0 Å². The van der Waals surface area contributed by atoms with Crippen LogP contribution in [0.3, 0.4) is 0 Å². The van der Waals surface area contributed by atoms with Gasteiger partial charge in [0.1, 0.15) is 0 Å². The molecule has 0 aliphatic rings. The molecule has 0 bridgehead atoms. The summed E-state index contributed by atoms with van der Waals surface area (Å²) in [7, 11) is 0. The summed E-state index contributed by atoms with van der Waals surface area (Å²) in [5.74, 6) is 0. The van der Waals surface area contributed by atoms with Crippen LogP contribution in [0.2, 0.25) is 0 Å². The highest BCUT2D eigenvalue weighted by Gasteiger charge is -0.153. The molecule has 0 amide bonds. The first-order valence-corrected chi connectivity index (χ1v) is 0. The van der Waals surface area contributed by atoms with Crippen LogP contribution in [0.25, 0.3) is 0 Å². The van der Waals surface area contributed by atoms with Crippen LogP contribution in [-0.4, -0.2) is 0 Å². The van der Waals surface area contributed by atoms with E-state index in [4.69, 9.17) is 0 Å². The van der Waals surface area contributed by atoms with E-state index in [1.807, 2.05) is 0 Å². The van der Waals surface area contributed by atoms with Gasteiger partial charge in [0.15, 0.2) is 0 Å². The van der Waals surface area contributed by atoms with Crippen molar-refractivity contribution < 1.29 is 0 Å². The van der Waals surface area contributed by atoms with E-state index in [0.29, 0.717) is 0 Å². The van der Waals surface area contributed by atoms with E-state index in [2.05, 4.69) is 0 Å². The third-order valence-electron chi connectivity index (χ3n) is 0. The lowest BCUT2D eigenvalue weighted by atomic mass is 31.0. The summed E-state index contributed by atoms with van der Waals surface area (Å²) in [4.78, 5) is 0. The van der Waals surface area contributed by atoms with Gasteiger partial charge in [-0.05, 0) is 0 Å². The lowest BCUT2D eigenvalue weighted by Crippen LogP contribution is 0.647. The average Bonchev–Trinajstić information content (AvgIpc) is 0. The van der Waals surface area contributed by atoms with Crippen LogP contribution in [-0.2, 0) is 0 Å². The second-order valence-corrected chi connectivity index (χ2v) is 0. The molecule has 0 heterocycles. The van der Waals surface area contributed by atoms with Crippen molar-refractivity contribution in [2.75, 3.05) is 0 Å². The van der Waals surface area contributed by atoms with Gasteiger partial charge in [0.05, 0.1) is 0 Å². The summed E-state index contributed by atoms with van der Waals surface area (Å²) in [6.45, 7) is 0. The van der Waals surface area contributed by atoms with Gasteiger partial charge in [-0.25, -0.2) is 0 Å². The van der Waals surface area contributed by atoms with E-state index < -0.39 is 0 Å². The Bertz CT molecular complexity index is 4.35. The van der Waals surface area contributed by atoms with Crippen molar-refractivity contribution in [3.05, 3.63) is 0 Å². The molecule has 0 N–H and O–H groups in total. The van der Waals surface area contributed by atoms with Gasteiger partial charge >= 0.3 is 0 Å². The van der Waals surface area contributed by atoms with E-state index in [9.17, 15) is 0 Å². The summed E-state index contributed by atoms with van der Waals surface area (Å²) < 4.78 is 0. The van der Waals surface area contributed by atoms with Gasteiger partial charge < -0.3 is 0 Å². The second kappa shape index (κ2) is 93.9. The van der Waals surface area contributed by atoms with Crippen molar-refractivity contribution in [3.8, 4) is 0 Å². The molecule has 8 heteroatoms.